The molecule has 0 amide bonds. The molecule has 0 spiro atoms. The lowest BCUT2D eigenvalue weighted by Crippen LogP contribution is -2.22. The van der Waals surface area contributed by atoms with E-state index in [9.17, 15) is 0 Å². The van der Waals surface area contributed by atoms with Crippen LogP contribution >= 0.6 is 11.3 Å². The zero-order chi connectivity index (χ0) is 14.8. The van der Waals surface area contributed by atoms with Crippen LogP contribution in [-0.4, -0.2) is 41.3 Å². The van der Waals surface area contributed by atoms with E-state index in [-0.39, 0.29) is 6.61 Å². The summed E-state index contributed by atoms with van der Waals surface area (Å²) in [4.78, 5) is 14.0. The molecule has 2 aromatic heterocycles. The van der Waals surface area contributed by atoms with Gasteiger partial charge in [-0.1, -0.05) is 0 Å². The Kier molecular flexibility index (Phi) is 4.26. The number of fused-ring (bicyclic) bond motifs is 1. The maximum Gasteiger partial charge on any atom is 0.226 e. The summed E-state index contributed by atoms with van der Waals surface area (Å²) in [5.41, 5.74) is 0. The zero-order valence-electron chi connectivity index (χ0n) is 12.6. The fourth-order valence-corrected chi connectivity index (χ4v) is 3.82. The Morgan fingerprint density at radius 2 is 2.33 bits per heavy atom. The van der Waals surface area contributed by atoms with Gasteiger partial charge >= 0.3 is 0 Å². The third-order valence-electron chi connectivity index (χ3n) is 3.95. The SMILES string of the molecule is CCNc1nc(N2CCC(CCO)C2)c2cc(C)sc2n1. The Morgan fingerprint density at radius 3 is 3.10 bits per heavy atom. The third-order valence-corrected chi connectivity index (χ3v) is 4.90. The van der Waals surface area contributed by atoms with E-state index < -0.39 is 0 Å². The predicted octanol–water partition coefficient (Wildman–Crippen LogP) is 2.64. The molecule has 1 unspecified atom stereocenters. The topological polar surface area (TPSA) is 61.3 Å². The number of aryl methyl sites for hydroxylation is 1. The molecule has 2 aromatic rings. The van der Waals surface area contributed by atoms with Gasteiger partial charge in [0.15, 0.2) is 0 Å². The number of hydrogen-bond donors (Lipinski definition) is 2. The van der Waals surface area contributed by atoms with Crippen LogP contribution in [-0.2, 0) is 0 Å². The van der Waals surface area contributed by atoms with Gasteiger partial charge in [0.2, 0.25) is 5.95 Å². The van der Waals surface area contributed by atoms with Crippen molar-refractivity contribution in [1.82, 2.24) is 9.97 Å². The molecule has 0 aliphatic carbocycles. The Labute approximate surface area is 129 Å². The molecule has 2 N–H and O–H groups in total. The van der Waals surface area contributed by atoms with Gasteiger partial charge in [0.1, 0.15) is 10.6 Å². The van der Waals surface area contributed by atoms with E-state index >= 15 is 0 Å². The van der Waals surface area contributed by atoms with Gasteiger partial charge in [0.25, 0.3) is 0 Å². The van der Waals surface area contributed by atoms with Crippen LogP contribution in [0.1, 0.15) is 24.6 Å². The minimum atomic E-state index is 0.276. The van der Waals surface area contributed by atoms with E-state index in [1.165, 1.54) is 4.88 Å². The van der Waals surface area contributed by atoms with Gasteiger partial charge in [0, 0.05) is 31.1 Å². The van der Waals surface area contributed by atoms with Gasteiger partial charge in [-0.2, -0.15) is 4.98 Å². The molecule has 5 nitrogen and oxygen atoms in total. The summed E-state index contributed by atoms with van der Waals surface area (Å²) in [6.45, 7) is 7.26. The van der Waals surface area contributed by atoms with Gasteiger partial charge in [-0.25, -0.2) is 4.98 Å². The normalized spacial score (nSPS) is 18.6. The lowest BCUT2D eigenvalue weighted by molar-refractivity contribution is 0.263. The van der Waals surface area contributed by atoms with Crippen LogP contribution in [0.2, 0.25) is 0 Å². The number of thiophene rings is 1. The van der Waals surface area contributed by atoms with Crippen LogP contribution in [0.15, 0.2) is 6.07 Å². The van der Waals surface area contributed by atoms with Crippen LogP contribution < -0.4 is 10.2 Å². The molecule has 0 bridgehead atoms. The number of hydrogen-bond acceptors (Lipinski definition) is 6. The maximum atomic E-state index is 9.12. The largest absolute Gasteiger partial charge is 0.396 e. The molecule has 1 saturated heterocycles. The minimum Gasteiger partial charge on any atom is -0.396 e. The second kappa shape index (κ2) is 6.15. The van der Waals surface area contributed by atoms with Crippen LogP contribution in [0.3, 0.4) is 0 Å². The van der Waals surface area contributed by atoms with Crippen LogP contribution in [0.5, 0.6) is 0 Å². The molecule has 1 atom stereocenters. The summed E-state index contributed by atoms with van der Waals surface area (Å²) in [5, 5.41) is 13.5. The molecule has 3 heterocycles. The van der Waals surface area contributed by atoms with Crippen molar-refractivity contribution in [2.45, 2.75) is 26.7 Å². The second-order valence-electron chi connectivity index (χ2n) is 5.59. The number of aliphatic hydroxyl groups excluding tert-OH is 1. The molecule has 6 heteroatoms. The number of nitrogens with one attached hydrogen (secondary N) is 1. The number of aliphatic hydroxyl groups is 1. The lowest BCUT2D eigenvalue weighted by Gasteiger charge is -2.19. The van der Waals surface area contributed by atoms with Crippen LogP contribution in [0.4, 0.5) is 11.8 Å². The highest BCUT2D eigenvalue weighted by Crippen LogP contribution is 2.34. The number of nitrogens with zero attached hydrogens (tertiary/aromatic N) is 3. The van der Waals surface area contributed by atoms with E-state index in [0.717, 1.165) is 48.5 Å². The van der Waals surface area contributed by atoms with E-state index in [1.807, 2.05) is 0 Å². The van der Waals surface area contributed by atoms with Crippen LogP contribution in [0, 0.1) is 12.8 Å². The van der Waals surface area contributed by atoms with Crippen molar-refractivity contribution in [2.75, 3.05) is 36.5 Å². The summed E-state index contributed by atoms with van der Waals surface area (Å²) in [6.07, 6.45) is 2.01. The van der Waals surface area contributed by atoms with Crippen molar-refractivity contribution in [3.05, 3.63) is 10.9 Å². The molecule has 1 aliphatic rings. The first kappa shape index (κ1) is 14.5. The molecule has 1 aliphatic heterocycles. The molecule has 0 radical (unpaired) electrons. The summed E-state index contributed by atoms with van der Waals surface area (Å²) < 4.78 is 0. The summed E-state index contributed by atoms with van der Waals surface area (Å²) in [7, 11) is 0. The van der Waals surface area contributed by atoms with Gasteiger partial charge < -0.3 is 15.3 Å². The average Bonchev–Trinajstić information content (AvgIpc) is 3.04. The molecule has 0 saturated carbocycles. The molecular weight excluding hydrogens is 284 g/mol. The average molecular weight is 306 g/mol. The van der Waals surface area contributed by atoms with E-state index in [0.29, 0.717) is 11.9 Å². The zero-order valence-corrected chi connectivity index (χ0v) is 13.4. The Balaban J connectivity index is 1.96. The highest BCUT2D eigenvalue weighted by molar-refractivity contribution is 7.18. The number of anilines is 2. The molecule has 1 fully saturated rings. The molecule has 3 rings (SSSR count). The molecule has 114 valence electrons. The third kappa shape index (κ3) is 2.96. The Morgan fingerprint density at radius 1 is 1.48 bits per heavy atom. The van der Waals surface area contributed by atoms with Crippen molar-refractivity contribution in [3.63, 3.8) is 0 Å². The molecule has 21 heavy (non-hydrogen) atoms. The summed E-state index contributed by atoms with van der Waals surface area (Å²) >= 11 is 1.72. The number of rotatable bonds is 5. The smallest absolute Gasteiger partial charge is 0.226 e. The van der Waals surface area contributed by atoms with E-state index in [2.05, 4.69) is 35.1 Å². The van der Waals surface area contributed by atoms with Crippen molar-refractivity contribution < 1.29 is 5.11 Å². The van der Waals surface area contributed by atoms with Gasteiger partial charge in [-0.15, -0.1) is 11.3 Å². The first-order chi connectivity index (χ1) is 10.2. The molecule has 0 aromatic carbocycles. The maximum absolute atomic E-state index is 9.12. The fraction of sp³-hybridized carbons (Fsp3) is 0.600. The fourth-order valence-electron chi connectivity index (χ4n) is 2.95. The van der Waals surface area contributed by atoms with Gasteiger partial charge in [-0.05, 0) is 38.7 Å². The van der Waals surface area contributed by atoms with Crippen molar-refractivity contribution in [3.8, 4) is 0 Å². The Bertz CT molecular complexity index is 627. The lowest BCUT2D eigenvalue weighted by atomic mass is 10.1. The summed E-state index contributed by atoms with van der Waals surface area (Å²) in [5.74, 6) is 2.33. The quantitative estimate of drug-likeness (QED) is 0.889. The van der Waals surface area contributed by atoms with Gasteiger partial charge in [-0.3, -0.25) is 0 Å². The first-order valence-electron chi connectivity index (χ1n) is 7.59. The van der Waals surface area contributed by atoms with E-state index in [4.69, 9.17) is 10.1 Å². The Hall–Kier alpha value is -1.40. The highest BCUT2D eigenvalue weighted by atomic mass is 32.1. The minimum absolute atomic E-state index is 0.276. The highest BCUT2D eigenvalue weighted by Gasteiger charge is 2.25. The first-order valence-corrected chi connectivity index (χ1v) is 8.40. The van der Waals surface area contributed by atoms with Crippen LogP contribution in [0.25, 0.3) is 10.2 Å². The van der Waals surface area contributed by atoms with Crippen molar-refractivity contribution in [2.24, 2.45) is 5.92 Å². The standard InChI is InChI=1S/C15H22N4OS/c1-3-16-15-17-13(12-8-10(2)21-14(12)18-15)19-6-4-11(9-19)5-7-20/h8,11,20H,3-7,9H2,1-2H3,(H,16,17,18). The second-order valence-corrected chi connectivity index (χ2v) is 6.82. The van der Waals surface area contributed by atoms with Crippen molar-refractivity contribution >= 4 is 33.3 Å². The van der Waals surface area contributed by atoms with Gasteiger partial charge in [0.05, 0.1) is 5.39 Å². The number of aromatic nitrogens is 2. The van der Waals surface area contributed by atoms with Crippen molar-refractivity contribution in [1.29, 1.82) is 0 Å². The predicted molar refractivity (Wildman–Crippen MR) is 88.3 cm³/mol. The summed E-state index contributed by atoms with van der Waals surface area (Å²) in [6, 6.07) is 2.18. The monoisotopic (exact) mass is 306 g/mol. The van der Waals surface area contributed by atoms with E-state index in [1.54, 1.807) is 11.3 Å². The molecular formula is C15H22N4OS.